The molecular weight excluding hydrogens is 445 g/mol. The summed E-state index contributed by atoms with van der Waals surface area (Å²) in [5, 5.41) is 7.74. The summed E-state index contributed by atoms with van der Waals surface area (Å²) in [5.41, 5.74) is 3.35. The lowest BCUT2D eigenvalue weighted by molar-refractivity contribution is -0.114. The summed E-state index contributed by atoms with van der Waals surface area (Å²) in [7, 11) is 0. The van der Waals surface area contributed by atoms with E-state index in [0.717, 1.165) is 5.69 Å². The SMILES string of the molecule is CC(=O)Nc1c(-c2ccc(Br)cc2F)c(C(C)(C)C)nn1-c1ccc(C(C)C)cc1. The fourth-order valence-corrected chi connectivity index (χ4v) is 3.69. The summed E-state index contributed by atoms with van der Waals surface area (Å²) in [4.78, 5) is 12.1. The average Bonchev–Trinajstić information content (AvgIpc) is 3.00. The molecule has 6 heteroatoms. The number of benzene rings is 2. The second kappa shape index (κ2) is 8.34. The molecule has 0 bridgehead atoms. The molecule has 0 saturated carbocycles. The molecule has 3 rings (SSSR count). The molecule has 158 valence electrons. The Morgan fingerprint density at radius 3 is 2.27 bits per heavy atom. The fraction of sp³-hybridized carbons (Fsp3) is 0.333. The molecule has 0 aliphatic heterocycles. The minimum atomic E-state index is -0.379. The summed E-state index contributed by atoms with van der Waals surface area (Å²) in [6.45, 7) is 11.8. The van der Waals surface area contributed by atoms with Crippen molar-refractivity contribution < 1.29 is 9.18 Å². The van der Waals surface area contributed by atoms with Crippen LogP contribution in [0.2, 0.25) is 0 Å². The molecule has 1 N–H and O–H groups in total. The highest BCUT2D eigenvalue weighted by Crippen LogP contribution is 2.41. The van der Waals surface area contributed by atoms with Gasteiger partial charge in [-0.1, -0.05) is 68.7 Å². The maximum Gasteiger partial charge on any atom is 0.222 e. The lowest BCUT2D eigenvalue weighted by Gasteiger charge is -2.18. The quantitative estimate of drug-likeness (QED) is 0.453. The highest BCUT2D eigenvalue weighted by molar-refractivity contribution is 9.10. The first-order valence-electron chi connectivity index (χ1n) is 9.96. The van der Waals surface area contributed by atoms with Gasteiger partial charge >= 0.3 is 0 Å². The van der Waals surface area contributed by atoms with Gasteiger partial charge in [-0.3, -0.25) is 4.79 Å². The predicted molar refractivity (Wildman–Crippen MR) is 124 cm³/mol. The normalized spacial score (nSPS) is 11.8. The van der Waals surface area contributed by atoms with Gasteiger partial charge < -0.3 is 5.32 Å². The number of nitrogens with one attached hydrogen (secondary N) is 1. The first kappa shape index (κ1) is 22.2. The molecule has 0 aliphatic rings. The van der Waals surface area contributed by atoms with E-state index in [0.29, 0.717) is 33.0 Å². The van der Waals surface area contributed by atoms with E-state index in [1.807, 2.05) is 32.9 Å². The first-order valence-corrected chi connectivity index (χ1v) is 10.7. The van der Waals surface area contributed by atoms with Gasteiger partial charge in [-0.2, -0.15) is 5.10 Å². The van der Waals surface area contributed by atoms with Crippen molar-refractivity contribution in [1.82, 2.24) is 9.78 Å². The largest absolute Gasteiger partial charge is 0.310 e. The minimum absolute atomic E-state index is 0.242. The lowest BCUT2D eigenvalue weighted by atomic mass is 9.87. The van der Waals surface area contributed by atoms with Crippen LogP contribution in [0.3, 0.4) is 0 Å². The zero-order valence-corrected chi connectivity index (χ0v) is 19.8. The van der Waals surface area contributed by atoms with Crippen molar-refractivity contribution in [3.05, 3.63) is 64.0 Å². The lowest BCUT2D eigenvalue weighted by Crippen LogP contribution is -2.14. The summed E-state index contributed by atoms with van der Waals surface area (Å²) in [5.74, 6) is 0.250. The molecule has 0 saturated heterocycles. The Labute approximate surface area is 185 Å². The van der Waals surface area contributed by atoms with Crippen LogP contribution in [0.4, 0.5) is 10.2 Å². The van der Waals surface area contributed by atoms with E-state index in [1.54, 1.807) is 16.8 Å². The molecule has 0 radical (unpaired) electrons. The van der Waals surface area contributed by atoms with Gasteiger partial charge in [-0.25, -0.2) is 9.07 Å². The number of amides is 1. The Morgan fingerprint density at radius 1 is 1.13 bits per heavy atom. The highest BCUT2D eigenvalue weighted by Gasteiger charge is 2.30. The molecule has 4 nitrogen and oxygen atoms in total. The van der Waals surface area contributed by atoms with Crippen LogP contribution in [0.15, 0.2) is 46.9 Å². The van der Waals surface area contributed by atoms with Crippen LogP contribution in [0.25, 0.3) is 16.8 Å². The van der Waals surface area contributed by atoms with Crippen molar-refractivity contribution in [1.29, 1.82) is 0 Å². The molecule has 0 spiro atoms. The first-order chi connectivity index (χ1) is 14.0. The van der Waals surface area contributed by atoms with Crippen molar-refractivity contribution in [3.8, 4) is 16.8 Å². The number of rotatable bonds is 4. The monoisotopic (exact) mass is 471 g/mol. The molecule has 0 aliphatic carbocycles. The van der Waals surface area contributed by atoms with E-state index in [4.69, 9.17) is 5.10 Å². The molecule has 3 aromatic rings. The minimum Gasteiger partial charge on any atom is -0.310 e. The third-order valence-corrected chi connectivity index (χ3v) is 5.39. The number of hydrogen-bond donors (Lipinski definition) is 1. The standard InChI is InChI=1S/C24H27BrFN3O/c1-14(2)16-7-10-18(11-8-16)29-23(27-15(3)30)21(22(28-29)24(4,5)6)19-12-9-17(25)13-20(19)26/h7-14H,1-6H3,(H,27,30). The third-order valence-electron chi connectivity index (χ3n) is 4.90. The van der Waals surface area contributed by atoms with Gasteiger partial charge in [0.25, 0.3) is 0 Å². The molecular formula is C24H27BrFN3O. The van der Waals surface area contributed by atoms with Gasteiger partial charge in [0, 0.05) is 22.4 Å². The molecule has 2 aromatic carbocycles. The zero-order chi connectivity index (χ0) is 22.2. The van der Waals surface area contributed by atoms with Crippen LogP contribution in [-0.2, 0) is 10.2 Å². The molecule has 0 atom stereocenters. The number of halogens is 2. The highest BCUT2D eigenvalue weighted by atomic mass is 79.9. The number of carbonyl (C=O) groups excluding carboxylic acids is 1. The average molecular weight is 472 g/mol. The zero-order valence-electron chi connectivity index (χ0n) is 18.2. The molecule has 1 aromatic heterocycles. The van der Waals surface area contributed by atoms with Crippen LogP contribution >= 0.6 is 15.9 Å². The van der Waals surface area contributed by atoms with Crippen molar-refractivity contribution in [2.45, 2.75) is 52.9 Å². The van der Waals surface area contributed by atoms with E-state index in [2.05, 4.69) is 47.2 Å². The fourth-order valence-electron chi connectivity index (χ4n) is 3.36. The van der Waals surface area contributed by atoms with Gasteiger partial charge in [-0.15, -0.1) is 0 Å². The Morgan fingerprint density at radius 2 is 1.77 bits per heavy atom. The molecule has 30 heavy (non-hydrogen) atoms. The Bertz CT molecular complexity index is 1080. The van der Waals surface area contributed by atoms with Crippen LogP contribution < -0.4 is 5.32 Å². The molecule has 0 fully saturated rings. The Balaban J connectivity index is 2.33. The van der Waals surface area contributed by atoms with Gasteiger partial charge in [0.15, 0.2) is 0 Å². The van der Waals surface area contributed by atoms with E-state index in [9.17, 15) is 9.18 Å². The van der Waals surface area contributed by atoms with E-state index >= 15 is 0 Å². The summed E-state index contributed by atoms with van der Waals surface area (Å²) in [6, 6.07) is 13.0. The smallest absolute Gasteiger partial charge is 0.222 e. The summed E-state index contributed by atoms with van der Waals surface area (Å²) < 4.78 is 17.3. The second-order valence-electron chi connectivity index (χ2n) is 8.79. The number of aromatic nitrogens is 2. The van der Waals surface area contributed by atoms with Gasteiger partial charge in [-0.05, 0) is 35.7 Å². The van der Waals surface area contributed by atoms with Crippen molar-refractivity contribution in [3.63, 3.8) is 0 Å². The van der Waals surface area contributed by atoms with E-state index < -0.39 is 0 Å². The molecule has 1 amide bonds. The van der Waals surface area contributed by atoms with Crippen LogP contribution in [0.5, 0.6) is 0 Å². The van der Waals surface area contributed by atoms with Crippen LogP contribution in [-0.4, -0.2) is 15.7 Å². The van der Waals surface area contributed by atoms with Gasteiger partial charge in [0.2, 0.25) is 5.91 Å². The van der Waals surface area contributed by atoms with Gasteiger partial charge in [0.05, 0.1) is 16.9 Å². The van der Waals surface area contributed by atoms with E-state index in [1.165, 1.54) is 18.6 Å². The number of carbonyl (C=O) groups is 1. The Kier molecular flexibility index (Phi) is 6.18. The summed E-state index contributed by atoms with van der Waals surface area (Å²) >= 11 is 3.32. The topological polar surface area (TPSA) is 46.9 Å². The van der Waals surface area contributed by atoms with Crippen molar-refractivity contribution in [2.75, 3.05) is 5.32 Å². The summed E-state index contributed by atoms with van der Waals surface area (Å²) in [6.07, 6.45) is 0. The number of hydrogen-bond acceptors (Lipinski definition) is 2. The molecule has 0 unspecified atom stereocenters. The van der Waals surface area contributed by atoms with Crippen molar-refractivity contribution >= 4 is 27.7 Å². The Hall–Kier alpha value is -2.47. The van der Waals surface area contributed by atoms with Crippen molar-refractivity contribution in [2.24, 2.45) is 0 Å². The second-order valence-corrected chi connectivity index (χ2v) is 9.70. The number of nitrogens with zero attached hydrogens (tertiary/aromatic N) is 2. The predicted octanol–water partition coefficient (Wildman–Crippen LogP) is 6.82. The van der Waals surface area contributed by atoms with E-state index in [-0.39, 0.29) is 17.1 Å². The van der Waals surface area contributed by atoms with Crippen LogP contribution in [0.1, 0.15) is 58.7 Å². The van der Waals surface area contributed by atoms with Crippen LogP contribution in [0, 0.1) is 5.82 Å². The van der Waals surface area contributed by atoms with Gasteiger partial charge in [0.1, 0.15) is 11.6 Å². The maximum atomic E-state index is 15.0. The molecule has 1 heterocycles. The number of anilines is 1. The third kappa shape index (κ3) is 4.48. The maximum absolute atomic E-state index is 15.0.